The van der Waals surface area contributed by atoms with Gasteiger partial charge in [-0.25, -0.2) is 9.78 Å². The van der Waals surface area contributed by atoms with Crippen molar-refractivity contribution in [3.05, 3.63) is 17.8 Å². The molecule has 0 aliphatic carbocycles. The first kappa shape index (κ1) is 21.9. The summed E-state index contributed by atoms with van der Waals surface area (Å²) in [7, 11) is 0. The summed E-state index contributed by atoms with van der Waals surface area (Å²) >= 11 is 0. The van der Waals surface area contributed by atoms with Gasteiger partial charge in [0.2, 0.25) is 5.91 Å². The number of piperidine rings is 1. The molecular formula is C23H34N4O4. The van der Waals surface area contributed by atoms with E-state index in [1.807, 2.05) is 19.9 Å². The number of pyridine rings is 1. The zero-order valence-corrected chi connectivity index (χ0v) is 18.7. The highest BCUT2D eigenvalue weighted by Gasteiger charge is 2.50. The molecule has 1 aromatic rings. The average Bonchev–Trinajstić information content (AvgIpc) is 3.08. The van der Waals surface area contributed by atoms with Gasteiger partial charge in [0, 0.05) is 38.9 Å². The van der Waals surface area contributed by atoms with Gasteiger partial charge in [0.05, 0.1) is 23.9 Å². The van der Waals surface area contributed by atoms with Crippen LogP contribution in [-0.2, 0) is 14.3 Å². The summed E-state index contributed by atoms with van der Waals surface area (Å²) in [5, 5.41) is 2.73. The maximum Gasteiger partial charge on any atom is 0.411 e. The number of nitrogens with one attached hydrogen (secondary N) is 1. The highest BCUT2D eigenvalue weighted by molar-refractivity contribution is 5.86. The lowest BCUT2D eigenvalue weighted by molar-refractivity contribution is -0.139. The number of nitrogens with zero attached hydrogens (tertiary/aromatic N) is 3. The number of amides is 2. The second kappa shape index (κ2) is 9.42. The van der Waals surface area contributed by atoms with E-state index in [1.54, 1.807) is 6.20 Å². The normalized spacial score (nSPS) is 24.6. The van der Waals surface area contributed by atoms with Crippen molar-refractivity contribution in [2.24, 2.45) is 5.41 Å². The topological polar surface area (TPSA) is 84.0 Å². The molecule has 2 amide bonds. The van der Waals surface area contributed by atoms with Crippen LogP contribution in [0.25, 0.3) is 0 Å². The quantitative estimate of drug-likeness (QED) is 0.771. The van der Waals surface area contributed by atoms with Gasteiger partial charge in [-0.3, -0.25) is 10.1 Å². The van der Waals surface area contributed by atoms with Crippen molar-refractivity contribution in [3.8, 4) is 0 Å². The van der Waals surface area contributed by atoms with Gasteiger partial charge in [-0.2, -0.15) is 0 Å². The Hall–Kier alpha value is -2.35. The first-order valence-electron chi connectivity index (χ1n) is 11.6. The predicted octanol–water partition coefficient (Wildman–Crippen LogP) is 3.35. The van der Waals surface area contributed by atoms with Gasteiger partial charge in [0.25, 0.3) is 0 Å². The molecule has 0 unspecified atom stereocenters. The zero-order chi connectivity index (χ0) is 21.8. The standard InChI is InChI=1S/C23H34N4O4/c1-3-11-31-22(29)25-18-14-17(2)20(24-15-18)26-9-4-7-23(16-26)8-10-27(21(23)28)19-5-12-30-13-6-19/h14-15,19H,3-13,16H2,1-2H3,(H,25,29)/t23-/m1/s1. The van der Waals surface area contributed by atoms with Crippen LogP contribution in [0.5, 0.6) is 0 Å². The number of ether oxygens (including phenoxy) is 2. The molecule has 1 spiro atoms. The monoisotopic (exact) mass is 430 g/mol. The summed E-state index contributed by atoms with van der Waals surface area (Å²) in [6, 6.07) is 2.25. The number of anilines is 2. The van der Waals surface area contributed by atoms with E-state index in [0.29, 0.717) is 30.8 Å². The van der Waals surface area contributed by atoms with Crippen molar-refractivity contribution in [1.29, 1.82) is 0 Å². The third-order valence-corrected chi connectivity index (χ3v) is 6.79. The van der Waals surface area contributed by atoms with Crippen LogP contribution in [0.15, 0.2) is 12.3 Å². The lowest BCUT2D eigenvalue weighted by atomic mass is 9.78. The summed E-state index contributed by atoms with van der Waals surface area (Å²) in [5.41, 5.74) is 1.31. The summed E-state index contributed by atoms with van der Waals surface area (Å²) in [4.78, 5) is 34.3. The molecule has 8 heteroatoms. The molecular weight excluding hydrogens is 396 g/mol. The highest BCUT2D eigenvalue weighted by atomic mass is 16.5. The van der Waals surface area contributed by atoms with E-state index in [2.05, 4.69) is 20.1 Å². The molecule has 8 nitrogen and oxygen atoms in total. The molecule has 3 aliphatic rings. The minimum absolute atomic E-state index is 0.300. The van der Waals surface area contributed by atoms with Gasteiger partial charge >= 0.3 is 6.09 Å². The van der Waals surface area contributed by atoms with Crippen molar-refractivity contribution in [3.63, 3.8) is 0 Å². The fourth-order valence-electron chi connectivity index (χ4n) is 5.20. The largest absolute Gasteiger partial charge is 0.449 e. The van der Waals surface area contributed by atoms with E-state index in [0.717, 1.165) is 76.2 Å². The number of likely N-dealkylation sites (tertiary alicyclic amines) is 1. The SMILES string of the molecule is CCCOC(=O)Nc1cnc(N2CCC[C@@]3(CCN(C4CCOCC4)C3=O)C2)c(C)c1. The second-order valence-electron chi connectivity index (χ2n) is 9.02. The van der Waals surface area contributed by atoms with Crippen molar-refractivity contribution in [1.82, 2.24) is 9.88 Å². The van der Waals surface area contributed by atoms with Crippen molar-refractivity contribution >= 4 is 23.5 Å². The third kappa shape index (κ3) is 4.63. The van der Waals surface area contributed by atoms with E-state index in [1.165, 1.54) is 0 Å². The molecule has 3 saturated heterocycles. The van der Waals surface area contributed by atoms with E-state index < -0.39 is 6.09 Å². The Kier molecular flexibility index (Phi) is 6.65. The van der Waals surface area contributed by atoms with E-state index in [9.17, 15) is 9.59 Å². The number of aryl methyl sites for hydroxylation is 1. The smallest absolute Gasteiger partial charge is 0.411 e. The van der Waals surface area contributed by atoms with Crippen LogP contribution in [0.3, 0.4) is 0 Å². The summed E-state index contributed by atoms with van der Waals surface area (Å²) in [5.74, 6) is 1.21. The molecule has 0 bridgehead atoms. The molecule has 1 N–H and O–H groups in total. The van der Waals surface area contributed by atoms with Gasteiger partial charge < -0.3 is 19.3 Å². The van der Waals surface area contributed by atoms with Crippen LogP contribution >= 0.6 is 0 Å². The second-order valence-corrected chi connectivity index (χ2v) is 9.02. The van der Waals surface area contributed by atoms with Crippen LogP contribution in [0.1, 0.15) is 51.0 Å². The summed E-state index contributed by atoms with van der Waals surface area (Å²) in [6.07, 6.45) is 6.73. The van der Waals surface area contributed by atoms with Crippen LogP contribution in [0.4, 0.5) is 16.3 Å². The number of carbonyl (C=O) groups excluding carboxylic acids is 2. The van der Waals surface area contributed by atoms with Crippen molar-refractivity contribution in [2.45, 2.75) is 58.4 Å². The van der Waals surface area contributed by atoms with E-state index >= 15 is 0 Å². The fraction of sp³-hybridized carbons (Fsp3) is 0.696. The molecule has 1 aromatic heterocycles. The highest BCUT2D eigenvalue weighted by Crippen LogP contribution is 2.43. The number of rotatable bonds is 5. The van der Waals surface area contributed by atoms with Gasteiger partial charge in [-0.15, -0.1) is 0 Å². The van der Waals surface area contributed by atoms with Crippen molar-refractivity contribution < 1.29 is 19.1 Å². The number of aromatic nitrogens is 1. The first-order chi connectivity index (χ1) is 15.0. The molecule has 0 saturated carbocycles. The van der Waals surface area contributed by atoms with Crippen molar-refractivity contribution in [2.75, 3.05) is 49.7 Å². The Labute approximate surface area is 184 Å². The molecule has 0 aromatic carbocycles. The van der Waals surface area contributed by atoms with Gasteiger partial charge in [0.15, 0.2) is 0 Å². The molecule has 1 atom stereocenters. The first-order valence-corrected chi connectivity index (χ1v) is 11.6. The number of hydrogen-bond acceptors (Lipinski definition) is 6. The molecule has 3 aliphatic heterocycles. The minimum atomic E-state index is -0.461. The lowest BCUT2D eigenvalue weighted by Gasteiger charge is -2.41. The summed E-state index contributed by atoms with van der Waals surface area (Å²) in [6.45, 7) is 8.31. The van der Waals surface area contributed by atoms with Gasteiger partial charge in [-0.05, 0) is 57.1 Å². The van der Waals surface area contributed by atoms with Crippen LogP contribution < -0.4 is 10.2 Å². The third-order valence-electron chi connectivity index (χ3n) is 6.79. The Bertz CT molecular complexity index is 811. The maximum absolute atomic E-state index is 13.5. The Morgan fingerprint density at radius 3 is 2.87 bits per heavy atom. The average molecular weight is 431 g/mol. The molecule has 4 heterocycles. The minimum Gasteiger partial charge on any atom is -0.449 e. The van der Waals surface area contributed by atoms with Crippen LogP contribution in [0.2, 0.25) is 0 Å². The zero-order valence-electron chi connectivity index (χ0n) is 18.7. The molecule has 4 rings (SSSR count). The van der Waals surface area contributed by atoms with Crippen LogP contribution in [0, 0.1) is 12.3 Å². The Morgan fingerprint density at radius 1 is 1.32 bits per heavy atom. The molecule has 31 heavy (non-hydrogen) atoms. The molecule has 3 fully saturated rings. The Morgan fingerprint density at radius 2 is 2.13 bits per heavy atom. The fourth-order valence-corrected chi connectivity index (χ4v) is 5.20. The Balaban J connectivity index is 1.44. The van der Waals surface area contributed by atoms with Crippen LogP contribution in [-0.4, -0.2) is 67.4 Å². The maximum atomic E-state index is 13.5. The van der Waals surface area contributed by atoms with E-state index in [4.69, 9.17) is 9.47 Å². The molecule has 170 valence electrons. The van der Waals surface area contributed by atoms with Gasteiger partial charge in [0.1, 0.15) is 5.82 Å². The predicted molar refractivity (Wildman–Crippen MR) is 118 cm³/mol. The van der Waals surface area contributed by atoms with E-state index in [-0.39, 0.29) is 5.41 Å². The number of hydrogen-bond donors (Lipinski definition) is 1. The number of carbonyl (C=O) groups is 2. The lowest BCUT2D eigenvalue weighted by Crippen LogP contribution is -2.50. The molecule has 0 radical (unpaired) electrons. The van der Waals surface area contributed by atoms with Gasteiger partial charge in [-0.1, -0.05) is 6.92 Å². The summed E-state index contributed by atoms with van der Waals surface area (Å²) < 4.78 is 10.6.